The summed E-state index contributed by atoms with van der Waals surface area (Å²) in [5.74, 6) is -2.34. The van der Waals surface area contributed by atoms with Gasteiger partial charge in [0, 0.05) is 25.7 Å². The molecule has 0 aromatic heterocycles. The molecule has 2 aromatic carbocycles. The van der Waals surface area contributed by atoms with Crippen molar-refractivity contribution >= 4 is 35.8 Å². The van der Waals surface area contributed by atoms with Gasteiger partial charge in [-0.1, -0.05) is 31.2 Å². The summed E-state index contributed by atoms with van der Waals surface area (Å²) in [6.07, 6.45) is 1.18. The lowest BCUT2D eigenvalue weighted by atomic mass is 9.99. The summed E-state index contributed by atoms with van der Waals surface area (Å²) >= 11 is 0. The van der Waals surface area contributed by atoms with E-state index in [-0.39, 0.29) is 65.3 Å². The van der Waals surface area contributed by atoms with Gasteiger partial charge in [0.05, 0.1) is 32.8 Å². The highest BCUT2D eigenvalue weighted by molar-refractivity contribution is 5.78. The Morgan fingerprint density at radius 1 is 0.432 bits per heavy atom. The largest absolute Gasteiger partial charge is 0.494 e. The van der Waals surface area contributed by atoms with E-state index in [1.807, 2.05) is 36.1 Å². The number of esters is 6. The Kier molecular flexibility index (Phi) is 24.6. The molecule has 0 aliphatic rings. The van der Waals surface area contributed by atoms with Crippen molar-refractivity contribution < 1.29 is 66.7 Å². The molecule has 418 valence electrons. The van der Waals surface area contributed by atoms with Crippen molar-refractivity contribution in [2.24, 2.45) is 0 Å². The highest BCUT2D eigenvalue weighted by Gasteiger charge is 2.37. The molecule has 2 rings (SSSR count). The summed E-state index contributed by atoms with van der Waals surface area (Å²) < 4.78 is 46.4. The number of rotatable bonds is 26. The third-order valence-electron chi connectivity index (χ3n) is 9.83. The van der Waals surface area contributed by atoms with Crippen LogP contribution in [-0.4, -0.2) is 155 Å². The van der Waals surface area contributed by atoms with Gasteiger partial charge in [-0.2, -0.15) is 0 Å². The zero-order chi connectivity index (χ0) is 56.5. The predicted molar refractivity (Wildman–Crippen MR) is 284 cm³/mol. The van der Waals surface area contributed by atoms with E-state index >= 15 is 0 Å². The third-order valence-corrected chi connectivity index (χ3v) is 9.83. The van der Waals surface area contributed by atoms with E-state index in [1.165, 1.54) is 0 Å². The summed E-state index contributed by atoms with van der Waals surface area (Å²) in [4.78, 5) is 87.4. The van der Waals surface area contributed by atoms with Crippen LogP contribution in [0.15, 0.2) is 48.5 Å². The van der Waals surface area contributed by atoms with Crippen molar-refractivity contribution in [2.45, 2.75) is 197 Å². The van der Waals surface area contributed by atoms with E-state index < -0.39 is 81.5 Å². The molecule has 0 bridgehead atoms. The minimum absolute atomic E-state index is 0.0351. The number of hydrogen-bond acceptors (Lipinski definition) is 17. The summed E-state index contributed by atoms with van der Waals surface area (Å²) in [6.45, 7) is 32.9. The lowest BCUT2D eigenvalue weighted by Crippen LogP contribution is -2.56. The number of carbonyl (C=O) groups is 6. The van der Waals surface area contributed by atoms with Crippen LogP contribution in [0.5, 0.6) is 11.5 Å². The fraction of sp³-hybridized carbons (Fsp3) is 0.684. The average Bonchev–Trinajstić information content (AvgIpc) is 3.19. The van der Waals surface area contributed by atoms with E-state index in [0.29, 0.717) is 23.7 Å². The molecule has 0 amide bonds. The van der Waals surface area contributed by atoms with Crippen molar-refractivity contribution in [3.05, 3.63) is 59.7 Å². The van der Waals surface area contributed by atoms with Crippen LogP contribution in [0.2, 0.25) is 0 Å². The van der Waals surface area contributed by atoms with Crippen molar-refractivity contribution in [1.82, 2.24) is 14.7 Å². The van der Waals surface area contributed by atoms with Gasteiger partial charge in [0.15, 0.2) is 6.61 Å². The normalized spacial score (nSPS) is 13.5. The first-order valence-electron chi connectivity index (χ1n) is 25.7. The van der Waals surface area contributed by atoms with Crippen molar-refractivity contribution in [3.8, 4) is 11.5 Å². The van der Waals surface area contributed by atoms with E-state index in [9.17, 15) is 28.8 Å². The zero-order valence-corrected chi connectivity index (χ0v) is 48.3. The Morgan fingerprint density at radius 2 is 0.797 bits per heavy atom. The fourth-order valence-corrected chi connectivity index (χ4v) is 7.35. The second-order valence-electron chi connectivity index (χ2n) is 24.6. The average molecular weight is 1040 g/mol. The lowest BCUT2D eigenvalue weighted by Gasteiger charge is -2.39. The molecular formula is C57H91N3O14. The number of hydrogen-bond donors (Lipinski definition) is 0. The summed E-state index contributed by atoms with van der Waals surface area (Å²) in [5, 5.41) is 0. The van der Waals surface area contributed by atoms with Crippen molar-refractivity contribution in [1.29, 1.82) is 0 Å². The quantitative estimate of drug-likeness (QED) is 0.0646. The second kappa shape index (κ2) is 28.0. The number of nitrogens with zero attached hydrogens (tertiary/aromatic N) is 3. The molecule has 17 heteroatoms. The molecule has 17 nitrogen and oxygen atoms in total. The molecule has 0 saturated carbocycles. The maximum Gasteiger partial charge on any atom is 0.344 e. The number of benzene rings is 2. The summed E-state index contributed by atoms with van der Waals surface area (Å²) in [7, 11) is 0. The molecule has 2 aromatic rings. The van der Waals surface area contributed by atoms with Crippen LogP contribution >= 0.6 is 0 Å². The molecule has 74 heavy (non-hydrogen) atoms. The van der Waals surface area contributed by atoms with Crippen LogP contribution < -0.4 is 9.47 Å². The number of carbonyl (C=O) groups excluding carboxylic acids is 6. The first-order chi connectivity index (χ1) is 33.8. The number of ether oxygens (including phenoxy) is 8. The van der Waals surface area contributed by atoms with E-state index in [2.05, 4.69) is 0 Å². The standard InChI is InChI=1S/C57H91N3O14/c1-20-31-67-43-25-21-40(22-26-43)32-42(60(37-48(63)71-54(8,9)10)38-49(64)72-55(11,12)13)34-59(30-29-58(35-46(61)69-52(2,3)4)36-47(62)70-53(5,6)7)45(51(66)74-57(17,18)19)33-41-23-27-44(28-24-41)68-39-50(65)73-56(14,15)16/h21-28,42,45H,20,29-39H2,1-19H3. The highest BCUT2D eigenvalue weighted by atomic mass is 16.6. The van der Waals surface area contributed by atoms with Gasteiger partial charge in [-0.3, -0.25) is 38.7 Å². The van der Waals surface area contributed by atoms with Gasteiger partial charge in [-0.05, 0) is 179 Å². The van der Waals surface area contributed by atoms with Gasteiger partial charge in [-0.15, -0.1) is 0 Å². The maximum atomic E-state index is 14.9. The zero-order valence-electron chi connectivity index (χ0n) is 48.3. The minimum Gasteiger partial charge on any atom is -0.494 e. The Labute approximate surface area is 442 Å². The lowest BCUT2D eigenvalue weighted by molar-refractivity contribution is -0.165. The van der Waals surface area contributed by atoms with E-state index in [0.717, 1.165) is 12.0 Å². The first kappa shape index (κ1) is 64.9. The maximum absolute atomic E-state index is 14.9. The summed E-state index contributed by atoms with van der Waals surface area (Å²) in [5.41, 5.74) is -3.43. The second-order valence-corrected chi connectivity index (χ2v) is 24.6. The summed E-state index contributed by atoms with van der Waals surface area (Å²) in [6, 6.07) is 12.8. The van der Waals surface area contributed by atoms with Gasteiger partial charge in [0.25, 0.3) is 0 Å². The van der Waals surface area contributed by atoms with Gasteiger partial charge in [-0.25, -0.2) is 4.79 Å². The molecule has 0 fully saturated rings. The van der Waals surface area contributed by atoms with Crippen LogP contribution in [-0.2, 0) is 70.0 Å². The Bertz CT molecular complexity index is 2040. The van der Waals surface area contributed by atoms with Crippen molar-refractivity contribution in [3.63, 3.8) is 0 Å². The molecule has 0 saturated heterocycles. The van der Waals surface area contributed by atoms with Crippen LogP contribution in [0.3, 0.4) is 0 Å². The Hall–Kier alpha value is -5.26. The van der Waals surface area contributed by atoms with Crippen LogP contribution in [0.4, 0.5) is 0 Å². The molecule has 0 heterocycles. The first-order valence-corrected chi connectivity index (χ1v) is 25.7. The minimum atomic E-state index is -1.04. The Balaban J connectivity index is 2.96. The van der Waals surface area contributed by atoms with Gasteiger partial charge in [0.1, 0.15) is 51.1 Å². The smallest absolute Gasteiger partial charge is 0.344 e. The Morgan fingerprint density at radius 3 is 1.19 bits per heavy atom. The molecule has 0 N–H and O–H groups in total. The van der Waals surface area contributed by atoms with E-state index in [1.54, 1.807) is 159 Å². The van der Waals surface area contributed by atoms with Gasteiger partial charge < -0.3 is 37.9 Å². The van der Waals surface area contributed by atoms with Crippen molar-refractivity contribution in [2.75, 3.05) is 59.0 Å². The molecule has 0 aliphatic carbocycles. The highest BCUT2D eigenvalue weighted by Crippen LogP contribution is 2.24. The van der Waals surface area contributed by atoms with E-state index in [4.69, 9.17) is 37.9 Å². The molecule has 0 aliphatic heterocycles. The van der Waals surface area contributed by atoms with Crippen LogP contribution in [0.25, 0.3) is 0 Å². The SMILES string of the molecule is CCCOc1ccc(CC(CN(CCN(CC(=O)OC(C)(C)C)CC(=O)OC(C)(C)C)C(Cc2ccc(OCC(=O)OC(C)(C)C)cc2)C(=O)OC(C)(C)C)N(CC(=O)OC(C)(C)C)CC(=O)OC(C)(C)C)cc1. The molecule has 0 spiro atoms. The van der Waals surface area contributed by atoms with Gasteiger partial charge >= 0.3 is 35.8 Å². The third kappa shape index (κ3) is 29.6. The molecule has 0 radical (unpaired) electrons. The monoisotopic (exact) mass is 1040 g/mol. The topological polar surface area (TPSA) is 186 Å². The molecule has 2 atom stereocenters. The fourth-order valence-electron chi connectivity index (χ4n) is 7.35. The van der Waals surface area contributed by atoms with Crippen LogP contribution in [0.1, 0.15) is 149 Å². The molecular weight excluding hydrogens is 951 g/mol. The molecule has 2 unspecified atom stereocenters. The van der Waals surface area contributed by atoms with Gasteiger partial charge in [0.2, 0.25) is 0 Å². The predicted octanol–water partition coefficient (Wildman–Crippen LogP) is 8.33. The van der Waals surface area contributed by atoms with Crippen LogP contribution in [0, 0.1) is 0 Å².